The van der Waals surface area contributed by atoms with Crippen LogP contribution >= 0.6 is 0 Å². The van der Waals surface area contributed by atoms with Crippen LogP contribution in [0, 0.1) is 0 Å². The summed E-state index contributed by atoms with van der Waals surface area (Å²) in [6.45, 7) is 0.421. The number of sulfonamides is 1. The summed E-state index contributed by atoms with van der Waals surface area (Å²) in [5.41, 5.74) is 1.79. The second-order valence-electron chi connectivity index (χ2n) is 6.14. The van der Waals surface area contributed by atoms with Crippen LogP contribution in [0.25, 0.3) is 0 Å². The van der Waals surface area contributed by atoms with Crippen molar-refractivity contribution in [3.8, 4) is 5.75 Å². The molecule has 0 spiro atoms. The highest BCUT2D eigenvalue weighted by molar-refractivity contribution is 7.93. The van der Waals surface area contributed by atoms with E-state index >= 15 is 0 Å². The zero-order valence-corrected chi connectivity index (χ0v) is 15.0. The maximum atomic E-state index is 13.3. The second kappa shape index (κ2) is 6.45. The zero-order valence-electron chi connectivity index (χ0n) is 14.1. The van der Waals surface area contributed by atoms with Crippen LogP contribution in [0.2, 0.25) is 0 Å². The van der Waals surface area contributed by atoms with Crippen LogP contribution < -0.4 is 9.04 Å². The van der Waals surface area contributed by atoms with Gasteiger partial charge in [-0.2, -0.15) is 0 Å². The molecule has 0 saturated heterocycles. The highest BCUT2D eigenvalue weighted by atomic mass is 32.2. The first-order chi connectivity index (χ1) is 11.4. The van der Waals surface area contributed by atoms with Crippen molar-refractivity contribution in [3.05, 3.63) is 54.1 Å². The van der Waals surface area contributed by atoms with Gasteiger partial charge in [-0.15, -0.1) is 0 Å². The normalized spacial score (nSPS) is 17.7. The Bertz CT molecular complexity index is 834. The lowest BCUT2D eigenvalue weighted by atomic mass is 9.99. The summed E-state index contributed by atoms with van der Waals surface area (Å²) in [4.78, 5) is 2.27. The van der Waals surface area contributed by atoms with E-state index in [-0.39, 0.29) is 10.9 Å². The monoisotopic (exact) mass is 346 g/mol. The molecule has 0 bridgehead atoms. The highest BCUT2D eigenvalue weighted by Crippen LogP contribution is 2.35. The lowest BCUT2D eigenvalue weighted by Gasteiger charge is -2.38. The van der Waals surface area contributed by atoms with Gasteiger partial charge >= 0.3 is 0 Å². The Labute approximate surface area is 143 Å². The fourth-order valence-corrected chi connectivity index (χ4v) is 4.76. The summed E-state index contributed by atoms with van der Waals surface area (Å²) in [6, 6.07) is 14.6. The predicted molar refractivity (Wildman–Crippen MR) is 95.1 cm³/mol. The average Bonchev–Trinajstić information content (AvgIpc) is 2.60. The molecule has 3 rings (SSSR count). The Morgan fingerprint density at radius 3 is 2.46 bits per heavy atom. The molecule has 0 fully saturated rings. The van der Waals surface area contributed by atoms with E-state index in [9.17, 15) is 8.42 Å². The van der Waals surface area contributed by atoms with Gasteiger partial charge in [0.1, 0.15) is 10.6 Å². The molecule has 128 valence electrons. The van der Waals surface area contributed by atoms with Crippen molar-refractivity contribution in [2.45, 2.75) is 17.4 Å². The molecule has 0 aromatic heterocycles. The molecule has 0 unspecified atom stereocenters. The molecule has 1 heterocycles. The van der Waals surface area contributed by atoms with Gasteiger partial charge < -0.3 is 9.64 Å². The number of fused-ring (bicyclic) bond motifs is 1. The third-order valence-electron chi connectivity index (χ3n) is 4.46. The summed E-state index contributed by atoms with van der Waals surface area (Å²) >= 11 is 0. The zero-order chi connectivity index (χ0) is 17.3. The lowest BCUT2D eigenvalue weighted by Crippen LogP contribution is -2.48. The minimum absolute atomic E-state index is 0.129. The highest BCUT2D eigenvalue weighted by Gasteiger charge is 2.35. The molecule has 5 nitrogen and oxygen atoms in total. The second-order valence-corrected chi connectivity index (χ2v) is 7.97. The standard InChI is InChI=1S/C18H22N2O3S/c1-19(2)15-12-14-8-4-5-9-16(14)20(13-15)24(21,22)18-11-7-6-10-17(18)23-3/h4-11,15H,12-13H2,1-3H3/t15-/m1/s1. The number of para-hydroxylation sites is 2. The molecule has 1 aliphatic heterocycles. The maximum Gasteiger partial charge on any atom is 0.268 e. The Balaban J connectivity index is 2.13. The first kappa shape index (κ1) is 16.8. The number of anilines is 1. The summed E-state index contributed by atoms with van der Waals surface area (Å²) < 4.78 is 33.4. The average molecular weight is 346 g/mol. The molecule has 0 radical (unpaired) electrons. The molecule has 6 heteroatoms. The molecular weight excluding hydrogens is 324 g/mol. The Morgan fingerprint density at radius 2 is 1.75 bits per heavy atom. The van der Waals surface area contributed by atoms with E-state index < -0.39 is 10.0 Å². The van der Waals surface area contributed by atoms with Crippen molar-refractivity contribution < 1.29 is 13.2 Å². The van der Waals surface area contributed by atoms with Crippen molar-refractivity contribution in [2.75, 3.05) is 32.1 Å². The van der Waals surface area contributed by atoms with Crippen LogP contribution in [0.1, 0.15) is 5.56 Å². The molecule has 1 aliphatic rings. The first-order valence-corrected chi connectivity index (χ1v) is 9.29. The van der Waals surface area contributed by atoms with Gasteiger partial charge in [-0.1, -0.05) is 30.3 Å². The molecule has 2 aromatic rings. The molecule has 0 saturated carbocycles. The number of hydrogen-bond donors (Lipinski definition) is 0. The molecule has 0 amide bonds. The number of nitrogens with zero attached hydrogens (tertiary/aromatic N) is 2. The molecule has 0 N–H and O–H groups in total. The van der Waals surface area contributed by atoms with E-state index in [0.29, 0.717) is 12.3 Å². The number of benzene rings is 2. The summed E-state index contributed by atoms with van der Waals surface area (Å²) in [5, 5.41) is 0. The topological polar surface area (TPSA) is 49.9 Å². The smallest absolute Gasteiger partial charge is 0.268 e. The molecular formula is C18H22N2O3S. The van der Waals surface area contributed by atoms with Gasteiger partial charge in [-0.25, -0.2) is 8.42 Å². The molecule has 1 atom stereocenters. The van der Waals surface area contributed by atoms with Crippen LogP contribution in [0.5, 0.6) is 5.75 Å². The van der Waals surface area contributed by atoms with Gasteiger partial charge in [0.15, 0.2) is 0 Å². The van der Waals surface area contributed by atoms with Gasteiger partial charge in [0.2, 0.25) is 0 Å². The quantitative estimate of drug-likeness (QED) is 0.853. The van der Waals surface area contributed by atoms with E-state index in [4.69, 9.17) is 4.74 Å². The summed E-state index contributed by atoms with van der Waals surface area (Å²) in [6.07, 6.45) is 0.834. The van der Waals surface area contributed by atoms with Crippen LogP contribution in [0.4, 0.5) is 5.69 Å². The molecule has 24 heavy (non-hydrogen) atoms. The van der Waals surface area contributed by atoms with Crippen molar-refractivity contribution in [1.82, 2.24) is 4.90 Å². The van der Waals surface area contributed by atoms with E-state index in [1.54, 1.807) is 24.3 Å². The van der Waals surface area contributed by atoms with Crippen LogP contribution in [0.15, 0.2) is 53.4 Å². The van der Waals surface area contributed by atoms with Crippen molar-refractivity contribution in [3.63, 3.8) is 0 Å². The van der Waals surface area contributed by atoms with Gasteiger partial charge in [0, 0.05) is 6.04 Å². The van der Waals surface area contributed by atoms with E-state index in [1.165, 1.54) is 11.4 Å². The Kier molecular flexibility index (Phi) is 4.51. The van der Waals surface area contributed by atoms with E-state index in [0.717, 1.165) is 17.7 Å². The fourth-order valence-electron chi connectivity index (χ4n) is 3.06. The van der Waals surface area contributed by atoms with Crippen molar-refractivity contribution in [1.29, 1.82) is 0 Å². The molecule has 2 aromatic carbocycles. The number of rotatable bonds is 4. The first-order valence-electron chi connectivity index (χ1n) is 7.85. The Morgan fingerprint density at radius 1 is 1.08 bits per heavy atom. The third-order valence-corrected chi connectivity index (χ3v) is 6.28. The van der Waals surface area contributed by atoms with Gasteiger partial charge in [0.05, 0.1) is 19.3 Å². The Hall–Kier alpha value is -2.05. The van der Waals surface area contributed by atoms with Crippen LogP contribution in [0.3, 0.4) is 0 Å². The molecule has 0 aliphatic carbocycles. The number of ether oxygens (including phenoxy) is 1. The minimum atomic E-state index is -3.70. The van der Waals surface area contributed by atoms with Crippen LogP contribution in [-0.4, -0.2) is 47.1 Å². The summed E-state index contributed by atoms with van der Waals surface area (Å²) in [7, 11) is 1.74. The van der Waals surface area contributed by atoms with Gasteiger partial charge in [-0.3, -0.25) is 4.31 Å². The minimum Gasteiger partial charge on any atom is -0.495 e. The number of hydrogen-bond acceptors (Lipinski definition) is 4. The number of methoxy groups -OCH3 is 1. The van der Waals surface area contributed by atoms with Gasteiger partial charge in [-0.05, 0) is 44.3 Å². The fraction of sp³-hybridized carbons (Fsp3) is 0.333. The lowest BCUT2D eigenvalue weighted by molar-refractivity contribution is 0.293. The maximum absolute atomic E-state index is 13.3. The van der Waals surface area contributed by atoms with E-state index in [1.807, 2.05) is 38.4 Å². The largest absolute Gasteiger partial charge is 0.495 e. The predicted octanol–water partition coefficient (Wildman–Crippen LogP) is 2.38. The van der Waals surface area contributed by atoms with Crippen molar-refractivity contribution in [2.24, 2.45) is 0 Å². The summed E-state index contributed by atoms with van der Waals surface area (Å²) in [5.74, 6) is 0.363. The van der Waals surface area contributed by atoms with Crippen molar-refractivity contribution >= 4 is 15.7 Å². The van der Waals surface area contributed by atoms with E-state index in [2.05, 4.69) is 4.90 Å². The van der Waals surface area contributed by atoms with Gasteiger partial charge in [0.25, 0.3) is 10.0 Å². The number of likely N-dealkylation sites (N-methyl/N-ethyl adjacent to an activating group) is 1. The third kappa shape index (κ3) is 2.87. The van der Waals surface area contributed by atoms with Crippen LogP contribution in [-0.2, 0) is 16.4 Å². The SMILES string of the molecule is COc1ccccc1S(=O)(=O)N1C[C@H](N(C)C)Cc2ccccc21.